The lowest BCUT2D eigenvalue weighted by Gasteiger charge is -2.57. The van der Waals surface area contributed by atoms with Crippen LogP contribution in [-0.4, -0.2) is 23.3 Å². The Bertz CT molecular complexity index is 430. The number of ether oxygens (including phenoxy) is 1. The zero-order valence-corrected chi connectivity index (χ0v) is 13.2. The molecule has 0 aromatic heterocycles. The molecule has 3 saturated carbocycles. The number of hydrogen-bond acceptors (Lipinski definition) is 3. The second-order valence-electron chi connectivity index (χ2n) is 8.50. The Hall–Kier alpha value is -0.570. The monoisotopic (exact) mass is 280 g/mol. The third-order valence-corrected chi connectivity index (χ3v) is 6.72. The number of carbonyl (C=O) groups is 1. The minimum Gasteiger partial charge on any atom is -0.462 e. The van der Waals surface area contributed by atoms with E-state index in [1.54, 1.807) is 0 Å². The van der Waals surface area contributed by atoms with Gasteiger partial charge in [0.2, 0.25) is 0 Å². The number of rotatable bonds is 1. The summed E-state index contributed by atoms with van der Waals surface area (Å²) in [4.78, 5) is 11.5. The number of esters is 1. The van der Waals surface area contributed by atoms with Gasteiger partial charge in [0.15, 0.2) is 0 Å². The van der Waals surface area contributed by atoms with Crippen molar-refractivity contribution in [3.63, 3.8) is 0 Å². The molecule has 0 aromatic carbocycles. The molecule has 5 atom stereocenters. The Labute approximate surface area is 122 Å². The lowest BCUT2D eigenvalue weighted by molar-refractivity contribution is -0.172. The topological polar surface area (TPSA) is 46.5 Å². The van der Waals surface area contributed by atoms with Gasteiger partial charge in [0, 0.05) is 12.3 Å². The van der Waals surface area contributed by atoms with Crippen molar-refractivity contribution in [2.24, 2.45) is 22.2 Å². The second-order valence-corrected chi connectivity index (χ2v) is 8.50. The van der Waals surface area contributed by atoms with Gasteiger partial charge in [-0.25, -0.2) is 0 Å². The van der Waals surface area contributed by atoms with E-state index in [-0.39, 0.29) is 34.4 Å². The van der Waals surface area contributed by atoms with Crippen LogP contribution < -0.4 is 0 Å². The van der Waals surface area contributed by atoms with E-state index in [9.17, 15) is 9.90 Å². The summed E-state index contributed by atoms with van der Waals surface area (Å²) in [6, 6.07) is 0. The van der Waals surface area contributed by atoms with Gasteiger partial charge in [0.05, 0.1) is 6.10 Å². The van der Waals surface area contributed by atoms with E-state index < -0.39 is 0 Å². The standard InChI is InChI=1S/C17H28O3/c1-11(18)20-14-9-15(2,3)12-5-7-16(4)10-17(12,14)8-6-13(16)19/h12-14,19H,5-10H2,1-4H3. The zero-order valence-electron chi connectivity index (χ0n) is 13.2. The first-order valence-corrected chi connectivity index (χ1v) is 8.05. The number of carbonyl (C=O) groups excluding carboxylic acids is 1. The Kier molecular flexibility index (Phi) is 3.03. The molecule has 2 bridgehead atoms. The normalized spacial score (nSPS) is 49.5. The van der Waals surface area contributed by atoms with Crippen LogP contribution in [0.25, 0.3) is 0 Å². The van der Waals surface area contributed by atoms with E-state index >= 15 is 0 Å². The maximum atomic E-state index is 11.5. The maximum absolute atomic E-state index is 11.5. The van der Waals surface area contributed by atoms with Gasteiger partial charge in [-0.1, -0.05) is 20.8 Å². The van der Waals surface area contributed by atoms with Gasteiger partial charge in [-0.3, -0.25) is 4.79 Å². The van der Waals surface area contributed by atoms with Crippen molar-refractivity contribution in [2.75, 3.05) is 0 Å². The molecule has 3 heteroatoms. The molecule has 1 spiro atoms. The summed E-state index contributed by atoms with van der Waals surface area (Å²) in [6.07, 6.45) is 6.01. The number of aliphatic hydroxyl groups excluding tert-OH is 1. The largest absolute Gasteiger partial charge is 0.462 e. The highest BCUT2D eigenvalue weighted by Crippen LogP contribution is 2.69. The smallest absolute Gasteiger partial charge is 0.302 e. The minimum atomic E-state index is -0.184. The van der Waals surface area contributed by atoms with Crippen LogP contribution in [0.2, 0.25) is 0 Å². The molecule has 3 rings (SSSR count). The molecule has 0 radical (unpaired) electrons. The van der Waals surface area contributed by atoms with Gasteiger partial charge in [-0.15, -0.1) is 0 Å². The van der Waals surface area contributed by atoms with Gasteiger partial charge in [-0.2, -0.15) is 0 Å². The summed E-state index contributed by atoms with van der Waals surface area (Å²) in [5, 5.41) is 10.4. The summed E-state index contributed by atoms with van der Waals surface area (Å²) in [5.74, 6) is 0.471. The molecule has 0 aromatic rings. The van der Waals surface area contributed by atoms with Gasteiger partial charge >= 0.3 is 5.97 Å². The van der Waals surface area contributed by atoms with Crippen molar-refractivity contribution in [3.05, 3.63) is 0 Å². The van der Waals surface area contributed by atoms with Crippen LogP contribution in [0.3, 0.4) is 0 Å². The molecule has 20 heavy (non-hydrogen) atoms. The lowest BCUT2D eigenvalue weighted by Crippen LogP contribution is -2.54. The van der Waals surface area contributed by atoms with E-state index in [4.69, 9.17) is 4.74 Å². The summed E-state index contributed by atoms with van der Waals surface area (Å²) in [6.45, 7) is 8.41. The molecule has 0 heterocycles. The average Bonchev–Trinajstić information content (AvgIpc) is 2.51. The van der Waals surface area contributed by atoms with Crippen LogP contribution in [0, 0.1) is 22.2 Å². The van der Waals surface area contributed by atoms with Gasteiger partial charge in [0.1, 0.15) is 6.10 Å². The van der Waals surface area contributed by atoms with Crippen LogP contribution in [0.5, 0.6) is 0 Å². The maximum Gasteiger partial charge on any atom is 0.302 e. The van der Waals surface area contributed by atoms with Crippen molar-refractivity contribution in [1.29, 1.82) is 0 Å². The van der Waals surface area contributed by atoms with Crippen molar-refractivity contribution in [1.82, 2.24) is 0 Å². The Morgan fingerprint density at radius 1 is 1.20 bits per heavy atom. The quantitative estimate of drug-likeness (QED) is 0.750. The summed E-state index contributed by atoms with van der Waals surface area (Å²) in [7, 11) is 0. The van der Waals surface area contributed by atoms with E-state index in [0.717, 1.165) is 32.1 Å². The minimum absolute atomic E-state index is 0.0214. The van der Waals surface area contributed by atoms with E-state index in [2.05, 4.69) is 20.8 Å². The fraction of sp³-hybridized carbons (Fsp3) is 0.941. The molecule has 3 fully saturated rings. The zero-order chi connectivity index (χ0) is 14.8. The van der Waals surface area contributed by atoms with Crippen LogP contribution in [0.15, 0.2) is 0 Å². The molecular weight excluding hydrogens is 252 g/mol. The first-order chi connectivity index (χ1) is 9.20. The molecule has 3 nitrogen and oxygen atoms in total. The number of fused-ring (bicyclic) bond motifs is 1. The lowest BCUT2D eigenvalue weighted by atomic mass is 9.49. The van der Waals surface area contributed by atoms with Crippen molar-refractivity contribution < 1.29 is 14.6 Å². The summed E-state index contributed by atoms with van der Waals surface area (Å²) < 4.78 is 5.75. The van der Waals surface area contributed by atoms with Crippen molar-refractivity contribution in [3.8, 4) is 0 Å². The molecule has 3 aliphatic rings. The van der Waals surface area contributed by atoms with Gasteiger partial charge in [-0.05, 0) is 55.3 Å². The molecule has 0 saturated heterocycles. The SMILES string of the molecule is CC(=O)OC1CC(C)(C)C2CCC3(C)CC12CCC3O. The molecular formula is C17H28O3. The third-order valence-electron chi connectivity index (χ3n) is 6.72. The fourth-order valence-electron chi connectivity index (χ4n) is 5.88. The van der Waals surface area contributed by atoms with Crippen LogP contribution in [0.1, 0.15) is 66.2 Å². The fourth-order valence-corrected chi connectivity index (χ4v) is 5.88. The molecule has 0 amide bonds. The molecule has 0 aliphatic heterocycles. The third kappa shape index (κ3) is 1.85. The van der Waals surface area contributed by atoms with Crippen molar-refractivity contribution in [2.45, 2.75) is 78.4 Å². The second kappa shape index (κ2) is 4.22. The Balaban J connectivity index is 1.98. The van der Waals surface area contributed by atoms with Crippen LogP contribution >= 0.6 is 0 Å². The molecule has 114 valence electrons. The first-order valence-electron chi connectivity index (χ1n) is 8.05. The summed E-state index contributed by atoms with van der Waals surface area (Å²) in [5.41, 5.74) is 0.374. The Morgan fingerprint density at radius 3 is 2.55 bits per heavy atom. The highest BCUT2D eigenvalue weighted by Gasteiger charge is 2.65. The predicted molar refractivity (Wildman–Crippen MR) is 77.1 cm³/mol. The van der Waals surface area contributed by atoms with Crippen molar-refractivity contribution >= 4 is 5.97 Å². The van der Waals surface area contributed by atoms with E-state index in [1.807, 2.05) is 0 Å². The highest BCUT2D eigenvalue weighted by atomic mass is 16.5. The highest BCUT2D eigenvalue weighted by molar-refractivity contribution is 5.66. The molecule has 3 aliphatic carbocycles. The predicted octanol–water partition coefficient (Wildman–Crippen LogP) is 3.30. The van der Waals surface area contributed by atoms with Gasteiger partial charge in [0.25, 0.3) is 0 Å². The molecule has 5 unspecified atom stereocenters. The summed E-state index contributed by atoms with van der Waals surface area (Å²) >= 11 is 0. The number of hydrogen-bond donors (Lipinski definition) is 1. The number of aliphatic hydroxyl groups is 1. The first kappa shape index (κ1) is 14.4. The van der Waals surface area contributed by atoms with Crippen LogP contribution in [-0.2, 0) is 9.53 Å². The Morgan fingerprint density at radius 2 is 1.90 bits per heavy atom. The average molecular weight is 280 g/mol. The van der Waals surface area contributed by atoms with Crippen LogP contribution in [0.4, 0.5) is 0 Å². The molecule has 1 N–H and O–H groups in total. The van der Waals surface area contributed by atoms with Gasteiger partial charge < -0.3 is 9.84 Å². The van der Waals surface area contributed by atoms with E-state index in [0.29, 0.717) is 5.92 Å². The van der Waals surface area contributed by atoms with E-state index in [1.165, 1.54) is 13.3 Å².